The third kappa shape index (κ3) is 3.82. The van der Waals surface area contributed by atoms with Crippen LogP contribution in [0.5, 0.6) is 0 Å². The van der Waals surface area contributed by atoms with Gasteiger partial charge in [0.2, 0.25) is 0 Å². The van der Waals surface area contributed by atoms with Gasteiger partial charge in [0.05, 0.1) is 6.61 Å². The molecule has 1 amide bonds. The molecule has 3 aliphatic rings. The summed E-state index contributed by atoms with van der Waals surface area (Å²) in [6, 6.07) is 9.29. The molecule has 2 aliphatic heterocycles. The van der Waals surface area contributed by atoms with Crippen LogP contribution in [-0.2, 0) is 35.1 Å². The number of nitrogens with one attached hydrogen (secondary N) is 1. The number of ether oxygens (including phenoxy) is 4. The first-order valence-corrected chi connectivity index (χ1v) is 10.8. The van der Waals surface area contributed by atoms with Gasteiger partial charge in [-0.25, -0.2) is 4.79 Å². The molecule has 8 nitrogen and oxygen atoms in total. The number of halogens is 3. The van der Waals surface area contributed by atoms with Crippen LogP contribution in [0.15, 0.2) is 30.3 Å². The highest BCUT2D eigenvalue weighted by Crippen LogP contribution is 2.54. The van der Waals surface area contributed by atoms with Gasteiger partial charge >= 0.3 is 5.97 Å². The second kappa shape index (κ2) is 8.02. The van der Waals surface area contributed by atoms with E-state index in [1.165, 1.54) is 14.0 Å². The predicted molar refractivity (Wildman–Crippen MR) is 110 cm³/mol. The number of methoxy groups -OCH3 is 1. The van der Waals surface area contributed by atoms with Crippen LogP contribution in [0.2, 0.25) is 0 Å². The Morgan fingerprint density at radius 1 is 1.32 bits per heavy atom. The maximum Gasteiger partial charge on any atom is 0.338 e. The molecule has 2 N–H and O–H groups in total. The van der Waals surface area contributed by atoms with E-state index in [9.17, 15) is 14.7 Å². The number of hydrogen-bond donors (Lipinski definition) is 2. The fourth-order valence-electron chi connectivity index (χ4n) is 4.85. The number of aliphatic hydroxyl groups is 1. The maximum absolute atomic E-state index is 12.9. The second-order valence-electron chi connectivity index (χ2n) is 8.25. The monoisotopic (exact) mass is 493 g/mol. The third-order valence-corrected chi connectivity index (χ3v) is 6.70. The van der Waals surface area contributed by atoms with Gasteiger partial charge in [-0.15, -0.1) is 0 Å². The van der Waals surface area contributed by atoms with Gasteiger partial charge in [-0.3, -0.25) is 4.79 Å². The SMILES string of the molecule is COC1O[C@@H]2C(=O)OC3C(OCc4ccccc4)[C@]2(NC(=O)C(Cl)(Cl)Cl)C1C[C@]3(C)O. The van der Waals surface area contributed by atoms with Crippen LogP contribution in [0.1, 0.15) is 18.9 Å². The number of fused-ring (bicyclic) bond motifs is 1. The Bertz CT molecular complexity index is 862. The Labute approximate surface area is 194 Å². The van der Waals surface area contributed by atoms with Crippen LogP contribution in [0.4, 0.5) is 0 Å². The van der Waals surface area contributed by atoms with Gasteiger partial charge in [0.25, 0.3) is 9.70 Å². The molecule has 1 aliphatic carbocycles. The molecule has 170 valence electrons. The van der Waals surface area contributed by atoms with Crippen LogP contribution in [-0.4, -0.2) is 63.6 Å². The van der Waals surface area contributed by atoms with E-state index < -0.39 is 57.3 Å². The Kier molecular flexibility index (Phi) is 5.96. The van der Waals surface area contributed by atoms with Crippen molar-refractivity contribution in [3.05, 3.63) is 35.9 Å². The van der Waals surface area contributed by atoms with Crippen molar-refractivity contribution in [2.24, 2.45) is 5.92 Å². The van der Waals surface area contributed by atoms with Crippen molar-refractivity contribution in [3.63, 3.8) is 0 Å². The van der Waals surface area contributed by atoms with Crippen molar-refractivity contribution in [2.75, 3.05) is 7.11 Å². The first-order valence-electron chi connectivity index (χ1n) is 9.66. The number of alkyl halides is 3. The number of hydrogen-bond acceptors (Lipinski definition) is 7. The zero-order valence-electron chi connectivity index (χ0n) is 16.7. The van der Waals surface area contributed by atoms with Crippen LogP contribution in [0.25, 0.3) is 0 Å². The molecule has 2 bridgehead atoms. The first-order chi connectivity index (χ1) is 14.5. The van der Waals surface area contributed by atoms with Crippen molar-refractivity contribution < 1.29 is 33.6 Å². The Morgan fingerprint density at radius 2 is 2.00 bits per heavy atom. The van der Waals surface area contributed by atoms with Crippen LogP contribution in [0, 0.1) is 5.92 Å². The summed E-state index contributed by atoms with van der Waals surface area (Å²) >= 11 is 17.4. The Hall–Kier alpha value is -1.13. The summed E-state index contributed by atoms with van der Waals surface area (Å²) in [6.45, 7) is 1.66. The second-order valence-corrected chi connectivity index (χ2v) is 10.5. The molecule has 0 aromatic heterocycles. The highest BCUT2D eigenvalue weighted by atomic mass is 35.6. The largest absolute Gasteiger partial charge is 0.454 e. The van der Waals surface area contributed by atoms with E-state index in [0.29, 0.717) is 0 Å². The Morgan fingerprint density at radius 3 is 2.61 bits per heavy atom. The normalized spacial score (nSPS) is 39.2. The molecule has 2 heterocycles. The fraction of sp³-hybridized carbons (Fsp3) is 0.600. The smallest absolute Gasteiger partial charge is 0.338 e. The highest BCUT2D eigenvalue weighted by molar-refractivity contribution is 6.76. The minimum Gasteiger partial charge on any atom is -0.454 e. The molecule has 1 saturated carbocycles. The van der Waals surface area contributed by atoms with Gasteiger partial charge in [-0.05, 0) is 18.9 Å². The quantitative estimate of drug-likeness (QED) is 0.476. The van der Waals surface area contributed by atoms with Crippen molar-refractivity contribution in [1.82, 2.24) is 5.32 Å². The van der Waals surface area contributed by atoms with E-state index >= 15 is 0 Å². The van der Waals surface area contributed by atoms with Gasteiger partial charge in [-0.1, -0.05) is 65.1 Å². The van der Waals surface area contributed by atoms with Crippen molar-refractivity contribution in [2.45, 2.75) is 59.5 Å². The van der Waals surface area contributed by atoms with Gasteiger partial charge in [0.1, 0.15) is 17.2 Å². The molecule has 31 heavy (non-hydrogen) atoms. The van der Waals surface area contributed by atoms with E-state index in [1.54, 1.807) is 0 Å². The van der Waals surface area contributed by atoms with Gasteiger partial charge in [0.15, 0.2) is 18.5 Å². The average Bonchev–Trinajstić information content (AvgIpc) is 3.03. The van der Waals surface area contributed by atoms with Crippen LogP contribution in [0.3, 0.4) is 0 Å². The predicted octanol–water partition coefficient (Wildman–Crippen LogP) is 1.86. The number of carbonyl (C=O) groups excluding carboxylic acids is 2. The van der Waals surface area contributed by atoms with E-state index in [0.717, 1.165) is 5.56 Å². The standard InChI is InChI=1S/C20H22Cl3NO7/c1-18(27)8-11-16(28-2)31-14-15(25)30-12(18)13(29-9-10-6-4-3-5-7-10)19(11,14)24-17(26)20(21,22)23/h3-7,11-14,16,27H,8-9H2,1-2H3,(H,24,26)/t11?,12?,13?,14-,16?,18+,19-/m1/s1. The topological polar surface area (TPSA) is 103 Å². The zero-order chi connectivity index (χ0) is 22.6. The summed E-state index contributed by atoms with van der Waals surface area (Å²) in [5, 5.41) is 13.9. The molecular formula is C20H22Cl3NO7. The molecule has 1 aromatic rings. The fourth-order valence-corrected chi connectivity index (χ4v) is 4.99. The first kappa shape index (κ1) is 23.0. The van der Waals surface area contributed by atoms with Crippen molar-refractivity contribution in [1.29, 1.82) is 0 Å². The minimum absolute atomic E-state index is 0.0886. The zero-order valence-corrected chi connectivity index (χ0v) is 19.0. The number of benzene rings is 1. The lowest BCUT2D eigenvalue weighted by Gasteiger charge is -2.57. The minimum atomic E-state index is -2.29. The molecule has 2 saturated heterocycles. The van der Waals surface area contributed by atoms with Gasteiger partial charge < -0.3 is 29.4 Å². The molecule has 3 fully saturated rings. The van der Waals surface area contributed by atoms with Crippen molar-refractivity contribution in [3.8, 4) is 0 Å². The molecular weight excluding hydrogens is 473 g/mol. The number of rotatable bonds is 5. The van der Waals surface area contributed by atoms with E-state index in [-0.39, 0.29) is 13.0 Å². The van der Waals surface area contributed by atoms with Crippen LogP contribution >= 0.6 is 34.8 Å². The number of carbonyl (C=O) groups is 2. The van der Waals surface area contributed by atoms with E-state index in [4.69, 9.17) is 53.8 Å². The molecule has 0 radical (unpaired) electrons. The lowest BCUT2D eigenvalue weighted by atomic mass is 9.61. The summed E-state index contributed by atoms with van der Waals surface area (Å²) in [5.41, 5.74) is -2.11. The summed E-state index contributed by atoms with van der Waals surface area (Å²) in [7, 11) is 1.40. The molecule has 1 aromatic carbocycles. The summed E-state index contributed by atoms with van der Waals surface area (Å²) in [5.74, 6) is -2.39. The molecule has 4 unspecified atom stereocenters. The lowest BCUT2D eigenvalue weighted by Crippen LogP contribution is -2.80. The van der Waals surface area contributed by atoms with Gasteiger partial charge in [-0.2, -0.15) is 0 Å². The van der Waals surface area contributed by atoms with Gasteiger partial charge in [0, 0.05) is 13.0 Å². The lowest BCUT2D eigenvalue weighted by molar-refractivity contribution is -0.252. The summed E-state index contributed by atoms with van der Waals surface area (Å²) in [4.78, 5) is 25.6. The molecule has 4 rings (SSSR count). The maximum atomic E-state index is 12.9. The summed E-state index contributed by atoms with van der Waals surface area (Å²) < 4.78 is 20.7. The number of esters is 1. The van der Waals surface area contributed by atoms with E-state index in [1.807, 2.05) is 30.3 Å². The summed E-state index contributed by atoms with van der Waals surface area (Å²) in [6.07, 6.45) is -4.20. The van der Waals surface area contributed by atoms with Crippen molar-refractivity contribution >= 4 is 46.7 Å². The van der Waals surface area contributed by atoms with E-state index in [2.05, 4.69) is 5.32 Å². The highest BCUT2D eigenvalue weighted by Gasteiger charge is 2.75. The third-order valence-electron chi connectivity index (χ3n) is 6.19. The average molecular weight is 495 g/mol. The Balaban J connectivity index is 1.79. The number of amides is 1. The molecule has 7 atom stereocenters. The van der Waals surface area contributed by atoms with Crippen LogP contribution < -0.4 is 5.32 Å². The molecule has 0 spiro atoms. The molecule has 11 heteroatoms.